The minimum absolute atomic E-state index is 0.0411. The van der Waals surface area contributed by atoms with Crippen molar-refractivity contribution in [1.82, 2.24) is 14.7 Å². The van der Waals surface area contributed by atoms with E-state index in [2.05, 4.69) is 23.7 Å². The lowest BCUT2D eigenvalue weighted by Crippen LogP contribution is -2.58. The molecule has 1 atom stereocenters. The van der Waals surface area contributed by atoms with Crippen molar-refractivity contribution in [2.24, 2.45) is 10.9 Å². The standard InChI is InChI=1S/C18H32N4O3/c1-7-14(19-13(4)11-10-12-22(8-2)9-3)15-16(23)20(5)18(25)21(6)17(15)24/h13,15H,7-12H2,1-6H3/t13-/m1/s1. The number of barbiturate groups is 1. The second kappa shape index (κ2) is 9.65. The van der Waals surface area contributed by atoms with Crippen molar-refractivity contribution in [2.45, 2.75) is 53.0 Å². The highest BCUT2D eigenvalue weighted by Gasteiger charge is 2.44. The van der Waals surface area contributed by atoms with Crippen molar-refractivity contribution in [3.8, 4) is 0 Å². The predicted octanol–water partition coefficient (Wildman–Crippen LogP) is 2.01. The Bertz CT molecular complexity index is 504. The molecule has 4 amide bonds. The second-order valence-electron chi connectivity index (χ2n) is 6.50. The van der Waals surface area contributed by atoms with Gasteiger partial charge in [-0.05, 0) is 45.8 Å². The van der Waals surface area contributed by atoms with E-state index in [1.165, 1.54) is 14.1 Å². The molecule has 0 aromatic heterocycles. The van der Waals surface area contributed by atoms with E-state index in [0.29, 0.717) is 12.1 Å². The van der Waals surface area contributed by atoms with Crippen LogP contribution in [0.1, 0.15) is 47.0 Å². The Labute approximate surface area is 151 Å². The summed E-state index contributed by atoms with van der Waals surface area (Å²) in [5.74, 6) is -1.93. The fraction of sp³-hybridized carbons (Fsp3) is 0.778. The number of nitrogens with zero attached hydrogens (tertiary/aromatic N) is 4. The van der Waals surface area contributed by atoms with Crippen LogP contribution in [0.25, 0.3) is 0 Å². The summed E-state index contributed by atoms with van der Waals surface area (Å²) < 4.78 is 0. The smallest absolute Gasteiger partial charge is 0.304 e. The normalized spacial score (nSPS) is 18.5. The van der Waals surface area contributed by atoms with Gasteiger partial charge >= 0.3 is 6.03 Å². The maximum atomic E-state index is 12.4. The van der Waals surface area contributed by atoms with Crippen molar-refractivity contribution in [2.75, 3.05) is 33.7 Å². The SMILES string of the molecule is CCC(=N[C@H](C)CCCN(CC)CC)C1C(=O)N(C)C(=O)N(C)C1=O. The summed E-state index contributed by atoms with van der Waals surface area (Å²) in [6, 6.07) is -0.548. The Balaban J connectivity index is 2.81. The number of carbonyl (C=O) groups is 3. The van der Waals surface area contributed by atoms with Crippen molar-refractivity contribution in [1.29, 1.82) is 0 Å². The highest BCUT2D eigenvalue weighted by molar-refractivity contribution is 6.27. The molecule has 0 N–H and O–H groups in total. The fourth-order valence-electron chi connectivity index (χ4n) is 3.06. The third-order valence-corrected chi connectivity index (χ3v) is 4.80. The summed E-state index contributed by atoms with van der Waals surface area (Å²) >= 11 is 0. The van der Waals surface area contributed by atoms with Crippen LogP contribution in [-0.4, -0.2) is 78.0 Å². The van der Waals surface area contributed by atoms with Gasteiger partial charge in [0.05, 0.1) is 0 Å². The Morgan fingerprint density at radius 2 is 1.60 bits per heavy atom. The van der Waals surface area contributed by atoms with Crippen LogP contribution in [0.4, 0.5) is 4.79 Å². The van der Waals surface area contributed by atoms with Gasteiger partial charge in [0.1, 0.15) is 0 Å². The first-order valence-corrected chi connectivity index (χ1v) is 9.16. The summed E-state index contributed by atoms with van der Waals surface area (Å²) in [7, 11) is 2.81. The van der Waals surface area contributed by atoms with Crippen molar-refractivity contribution < 1.29 is 14.4 Å². The largest absolute Gasteiger partial charge is 0.332 e. The molecule has 0 bridgehead atoms. The molecule has 142 valence electrons. The quantitative estimate of drug-likeness (QED) is 0.470. The molecule has 1 fully saturated rings. The third kappa shape index (κ3) is 5.11. The zero-order chi connectivity index (χ0) is 19.1. The molecule has 1 aliphatic heterocycles. The molecule has 0 saturated carbocycles. The van der Waals surface area contributed by atoms with Gasteiger partial charge in [-0.15, -0.1) is 0 Å². The number of carbonyl (C=O) groups excluding carboxylic acids is 3. The molecule has 7 heteroatoms. The van der Waals surface area contributed by atoms with Gasteiger partial charge in [-0.1, -0.05) is 20.8 Å². The Morgan fingerprint density at radius 1 is 1.08 bits per heavy atom. The Morgan fingerprint density at radius 3 is 2.04 bits per heavy atom. The van der Waals surface area contributed by atoms with Crippen LogP contribution >= 0.6 is 0 Å². The molecule has 0 radical (unpaired) electrons. The van der Waals surface area contributed by atoms with Crippen LogP contribution in [-0.2, 0) is 9.59 Å². The molecule has 0 unspecified atom stereocenters. The Hall–Kier alpha value is -1.76. The van der Waals surface area contributed by atoms with Crippen molar-refractivity contribution in [3.05, 3.63) is 0 Å². The van der Waals surface area contributed by atoms with E-state index < -0.39 is 23.8 Å². The van der Waals surface area contributed by atoms with Crippen LogP contribution < -0.4 is 0 Å². The highest BCUT2D eigenvalue weighted by atomic mass is 16.2. The first-order chi connectivity index (χ1) is 11.8. The van der Waals surface area contributed by atoms with E-state index in [1.807, 2.05) is 13.8 Å². The maximum absolute atomic E-state index is 12.4. The first-order valence-electron chi connectivity index (χ1n) is 9.16. The summed E-state index contributed by atoms with van der Waals surface area (Å²) in [5, 5.41) is 0. The second-order valence-corrected chi connectivity index (χ2v) is 6.50. The zero-order valence-electron chi connectivity index (χ0n) is 16.4. The summed E-state index contributed by atoms with van der Waals surface area (Å²) in [4.78, 5) is 45.7. The summed E-state index contributed by atoms with van der Waals surface area (Å²) in [6.07, 6.45) is 2.44. The number of rotatable bonds is 9. The molecule has 1 aliphatic rings. The molecule has 1 rings (SSSR count). The van der Waals surface area contributed by atoms with Crippen LogP contribution in [0.2, 0.25) is 0 Å². The average molecular weight is 352 g/mol. The maximum Gasteiger partial charge on any atom is 0.332 e. The molecule has 1 heterocycles. The lowest BCUT2D eigenvalue weighted by atomic mass is 9.95. The number of imide groups is 2. The minimum atomic E-state index is -0.970. The van der Waals surface area contributed by atoms with Gasteiger partial charge in [0.15, 0.2) is 5.92 Å². The lowest BCUT2D eigenvalue weighted by molar-refractivity contribution is -0.144. The van der Waals surface area contributed by atoms with Crippen LogP contribution in [0.3, 0.4) is 0 Å². The van der Waals surface area contributed by atoms with E-state index in [-0.39, 0.29) is 6.04 Å². The molecule has 0 spiro atoms. The van der Waals surface area contributed by atoms with Gasteiger partial charge in [-0.3, -0.25) is 24.4 Å². The molecule has 0 aromatic rings. The zero-order valence-corrected chi connectivity index (χ0v) is 16.4. The first kappa shape index (κ1) is 21.3. The Kier molecular flexibility index (Phi) is 8.22. The molecular formula is C18H32N4O3. The number of amides is 4. The van der Waals surface area contributed by atoms with E-state index in [0.717, 1.165) is 42.3 Å². The van der Waals surface area contributed by atoms with Gasteiger partial charge < -0.3 is 4.90 Å². The molecule has 0 aliphatic carbocycles. The predicted molar refractivity (Wildman–Crippen MR) is 98.6 cm³/mol. The van der Waals surface area contributed by atoms with Gasteiger partial charge in [0, 0.05) is 25.8 Å². The number of aliphatic imine (C=N–C) groups is 1. The molecule has 1 saturated heterocycles. The molecule has 7 nitrogen and oxygen atoms in total. The van der Waals surface area contributed by atoms with E-state index in [1.54, 1.807) is 0 Å². The van der Waals surface area contributed by atoms with E-state index in [9.17, 15) is 14.4 Å². The average Bonchev–Trinajstić information content (AvgIpc) is 2.61. The van der Waals surface area contributed by atoms with Crippen molar-refractivity contribution >= 4 is 23.6 Å². The summed E-state index contributed by atoms with van der Waals surface area (Å²) in [6.45, 7) is 11.3. The summed E-state index contributed by atoms with van der Waals surface area (Å²) in [5.41, 5.74) is 0.566. The van der Waals surface area contributed by atoms with E-state index >= 15 is 0 Å². The molecule has 0 aromatic carbocycles. The van der Waals surface area contributed by atoms with Crippen LogP contribution in [0.15, 0.2) is 4.99 Å². The monoisotopic (exact) mass is 352 g/mol. The van der Waals surface area contributed by atoms with Gasteiger partial charge in [0.25, 0.3) is 0 Å². The fourth-order valence-corrected chi connectivity index (χ4v) is 3.06. The topological polar surface area (TPSA) is 73.3 Å². The van der Waals surface area contributed by atoms with Crippen molar-refractivity contribution in [3.63, 3.8) is 0 Å². The lowest BCUT2D eigenvalue weighted by Gasteiger charge is -2.33. The van der Waals surface area contributed by atoms with E-state index in [4.69, 9.17) is 0 Å². The molecular weight excluding hydrogens is 320 g/mol. The third-order valence-electron chi connectivity index (χ3n) is 4.80. The number of hydrogen-bond donors (Lipinski definition) is 0. The molecule has 25 heavy (non-hydrogen) atoms. The van der Waals surface area contributed by atoms with Crippen LogP contribution in [0.5, 0.6) is 0 Å². The number of urea groups is 1. The van der Waals surface area contributed by atoms with Gasteiger partial charge in [-0.25, -0.2) is 4.79 Å². The van der Waals surface area contributed by atoms with Gasteiger partial charge in [-0.2, -0.15) is 0 Å². The highest BCUT2D eigenvalue weighted by Crippen LogP contribution is 2.19. The minimum Gasteiger partial charge on any atom is -0.304 e. The van der Waals surface area contributed by atoms with Crippen LogP contribution in [0, 0.1) is 5.92 Å². The number of hydrogen-bond acceptors (Lipinski definition) is 5. The van der Waals surface area contributed by atoms with Gasteiger partial charge in [0.2, 0.25) is 11.8 Å².